The number of halogens is 1. The van der Waals surface area contributed by atoms with E-state index in [2.05, 4.69) is 10.6 Å². The lowest BCUT2D eigenvalue weighted by Crippen LogP contribution is -2.39. The number of rotatable bonds is 4. The normalized spacial score (nSPS) is 28.7. The summed E-state index contributed by atoms with van der Waals surface area (Å²) in [6.45, 7) is 4.43. The maximum atomic E-state index is 14.8. The Bertz CT molecular complexity index is 849. The largest absolute Gasteiger partial charge is 0.442 e. The number of ether oxygens (including phenoxy) is 2. The predicted octanol–water partition coefficient (Wildman–Crippen LogP) is 0.974. The number of nitrogens with zero attached hydrogens (tertiary/aromatic N) is 2. The Labute approximate surface area is 160 Å². The highest BCUT2D eigenvalue weighted by Crippen LogP contribution is 2.35. The second-order valence-electron chi connectivity index (χ2n) is 7.47. The van der Waals surface area contributed by atoms with E-state index >= 15 is 0 Å². The lowest BCUT2D eigenvalue weighted by atomic mass is 10.0. The Kier molecular flexibility index (Phi) is 4.28. The molecule has 0 saturated carbocycles. The fourth-order valence-electron chi connectivity index (χ4n) is 3.85. The van der Waals surface area contributed by atoms with Crippen molar-refractivity contribution in [3.8, 4) is 0 Å². The second kappa shape index (κ2) is 6.54. The van der Waals surface area contributed by atoms with Crippen molar-refractivity contribution >= 4 is 29.5 Å². The van der Waals surface area contributed by atoms with E-state index in [4.69, 9.17) is 9.47 Å². The Balaban J connectivity index is 1.46. The number of carbonyl (C=O) groups excluding carboxylic acids is 3. The van der Waals surface area contributed by atoms with E-state index in [1.54, 1.807) is 12.1 Å². The van der Waals surface area contributed by atoms with Crippen molar-refractivity contribution in [3.05, 3.63) is 24.0 Å². The number of cyclic esters (lactones) is 1. The second-order valence-corrected chi connectivity index (χ2v) is 7.47. The molecule has 3 aliphatic rings. The Morgan fingerprint density at radius 2 is 2.18 bits per heavy atom. The number of fused-ring (bicyclic) bond motifs is 1. The first-order valence-corrected chi connectivity index (χ1v) is 9.02. The number of anilines is 2. The number of nitrogens with one attached hydrogen (secondary N) is 2. The van der Waals surface area contributed by atoms with Crippen LogP contribution >= 0.6 is 0 Å². The zero-order chi connectivity index (χ0) is 20.1. The van der Waals surface area contributed by atoms with Crippen molar-refractivity contribution in [2.75, 3.05) is 36.0 Å². The monoisotopic (exact) mass is 392 g/mol. The third-order valence-corrected chi connectivity index (χ3v) is 5.30. The molecule has 3 amide bonds. The van der Waals surface area contributed by atoms with Gasteiger partial charge in [0.2, 0.25) is 5.91 Å². The van der Waals surface area contributed by atoms with Gasteiger partial charge in [0.05, 0.1) is 37.1 Å². The number of carbonyl (C=O) groups is 3. The van der Waals surface area contributed by atoms with Crippen LogP contribution in [0.5, 0.6) is 0 Å². The van der Waals surface area contributed by atoms with E-state index in [0.717, 1.165) is 0 Å². The summed E-state index contributed by atoms with van der Waals surface area (Å²) in [5.41, 5.74) is 0.0593. The van der Waals surface area contributed by atoms with Gasteiger partial charge in [0.1, 0.15) is 11.9 Å². The molecule has 3 aliphatic heterocycles. The van der Waals surface area contributed by atoms with Gasteiger partial charge in [0.15, 0.2) is 5.60 Å². The molecule has 10 heteroatoms. The molecule has 9 nitrogen and oxygen atoms in total. The Hall–Kier alpha value is -3.04. The van der Waals surface area contributed by atoms with E-state index in [1.807, 2.05) is 11.8 Å². The molecular formula is C18H21FN4O5. The molecule has 3 saturated heterocycles. The molecule has 3 heterocycles. The highest BCUT2D eigenvalue weighted by atomic mass is 19.1. The van der Waals surface area contributed by atoms with E-state index < -0.39 is 29.7 Å². The number of hydrogen-bond donors (Lipinski definition) is 2. The summed E-state index contributed by atoms with van der Waals surface area (Å²) in [6, 6.07) is 4.33. The highest BCUT2D eigenvalue weighted by molar-refractivity contribution is 5.90. The smallest absolute Gasteiger partial charge is 0.414 e. The maximum Gasteiger partial charge on any atom is 0.414 e. The van der Waals surface area contributed by atoms with Crippen LogP contribution in [0.15, 0.2) is 18.2 Å². The lowest BCUT2D eigenvalue weighted by Gasteiger charge is -2.23. The summed E-state index contributed by atoms with van der Waals surface area (Å²) >= 11 is 0. The molecule has 0 aliphatic carbocycles. The first-order chi connectivity index (χ1) is 13.2. The molecule has 3 atom stereocenters. The van der Waals surface area contributed by atoms with E-state index in [1.165, 1.54) is 17.9 Å². The summed E-state index contributed by atoms with van der Waals surface area (Å²) in [7, 11) is 0. The van der Waals surface area contributed by atoms with Crippen LogP contribution in [0.1, 0.15) is 13.8 Å². The molecule has 1 aromatic rings. The van der Waals surface area contributed by atoms with Crippen LogP contribution in [0.2, 0.25) is 0 Å². The molecule has 0 radical (unpaired) electrons. The molecule has 3 fully saturated rings. The molecule has 0 aromatic heterocycles. The summed E-state index contributed by atoms with van der Waals surface area (Å²) in [5, 5.41) is 5.34. The first kappa shape index (κ1) is 18.3. The highest BCUT2D eigenvalue weighted by Gasteiger charge is 2.52. The van der Waals surface area contributed by atoms with Crippen LogP contribution in [0.25, 0.3) is 0 Å². The van der Waals surface area contributed by atoms with Gasteiger partial charge in [-0.2, -0.15) is 0 Å². The summed E-state index contributed by atoms with van der Waals surface area (Å²) < 4.78 is 25.3. The van der Waals surface area contributed by atoms with Crippen LogP contribution in [0.4, 0.5) is 25.4 Å². The Morgan fingerprint density at radius 3 is 2.86 bits per heavy atom. The van der Waals surface area contributed by atoms with Gasteiger partial charge >= 0.3 is 12.2 Å². The standard InChI is InChI=1S/C18H21FN4O5/c1-10(24)20-6-12-7-23(17(26)27-12)11-3-4-14(13(19)5-11)22-8-15-18(2,9-22)28-16(25)21-15/h3-5,12,15H,6-9H2,1-2H3,(H,20,24)(H,21,25)/t12-,15+,18-/m0/s1. The summed E-state index contributed by atoms with van der Waals surface area (Å²) in [5.74, 6) is -0.695. The molecule has 0 bridgehead atoms. The molecule has 2 N–H and O–H groups in total. The molecule has 150 valence electrons. The topological polar surface area (TPSA) is 100 Å². The minimum atomic E-state index is -0.697. The van der Waals surface area contributed by atoms with Gasteiger partial charge in [-0.25, -0.2) is 14.0 Å². The van der Waals surface area contributed by atoms with Gasteiger partial charge in [-0.05, 0) is 25.1 Å². The third kappa shape index (κ3) is 3.19. The minimum absolute atomic E-state index is 0.206. The number of amides is 3. The zero-order valence-electron chi connectivity index (χ0n) is 15.5. The average molecular weight is 392 g/mol. The predicted molar refractivity (Wildman–Crippen MR) is 96.7 cm³/mol. The van der Waals surface area contributed by atoms with Gasteiger partial charge in [-0.3, -0.25) is 9.69 Å². The SMILES string of the molecule is CC(=O)NC[C@H]1CN(c2ccc(N3C[C@H]4NC(=O)O[C@@]4(C)C3)c(F)c2)C(=O)O1. The van der Waals surface area contributed by atoms with E-state index in [-0.39, 0.29) is 25.0 Å². The quantitative estimate of drug-likeness (QED) is 0.792. The third-order valence-electron chi connectivity index (χ3n) is 5.30. The molecule has 4 rings (SSSR count). The van der Waals surface area contributed by atoms with E-state index in [0.29, 0.717) is 24.5 Å². The fourth-order valence-corrected chi connectivity index (χ4v) is 3.85. The van der Waals surface area contributed by atoms with Gasteiger partial charge in [0, 0.05) is 13.5 Å². The molecule has 1 aromatic carbocycles. The van der Waals surface area contributed by atoms with Crippen LogP contribution in [0.3, 0.4) is 0 Å². The minimum Gasteiger partial charge on any atom is -0.442 e. The van der Waals surface area contributed by atoms with Gasteiger partial charge in [-0.1, -0.05) is 0 Å². The van der Waals surface area contributed by atoms with Crippen LogP contribution in [-0.4, -0.2) is 62.0 Å². The lowest BCUT2D eigenvalue weighted by molar-refractivity contribution is -0.119. The summed E-state index contributed by atoms with van der Waals surface area (Å²) in [6.07, 6.45) is -1.52. The van der Waals surface area contributed by atoms with Crippen molar-refractivity contribution in [3.63, 3.8) is 0 Å². The fraction of sp³-hybridized carbons (Fsp3) is 0.500. The maximum absolute atomic E-state index is 14.8. The molecule has 0 unspecified atom stereocenters. The average Bonchev–Trinajstić information content (AvgIpc) is 3.21. The first-order valence-electron chi connectivity index (χ1n) is 9.02. The summed E-state index contributed by atoms with van der Waals surface area (Å²) in [4.78, 5) is 37.6. The number of hydrogen-bond acceptors (Lipinski definition) is 6. The van der Waals surface area contributed by atoms with Crippen molar-refractivity contribution in [2.24, 2.45) is 0 Å². The van der Waals surface area contributed by atoms with Gasteiger partial charge < -0.3 is 25.0 Å². The van der Waals surface area contributed by atoms with Gasteiger partial charge in [0.25, 0.3) is 0 Å². The molecular weight excluding hydrogens is 371 g/mol. The van der Waals surface area contributed by atoms with Crippen LogP contribution in [0, 0.1) is 5.82 Å². The zero-order valence-corrected chi connectivity index (χ0v) is 15.5. The Morgan fingerprint density at radius 1 is 1.39 bits per heavy atom. The van der Waals surface area contributed by atoms with Crippen molar-refractivity contribution in [1.82, 2.24) is 10.6 Å². The van der Waals surface area contributed by atoms with Crippen LogP contribution in [-0.2, 0) is 14.3 Å². The van der Waals surface area contributed by atoms with Crippen LogP contribution < -0.4 is 20.4 Å². The van der Waals surface area contributed by atoms with Crippen molar-refractivity contribution in [1.29, 1.82) is 0 Å². The van der Waals surface area contributed by atoms with Gasteiger partial charge in [-0.15, -0.1) is 0 Å². The number of alkyl carbamates (subject to hydrolysis) is 1. The molecule has 28 heavy (non-hydrogen) atoms. The van der Waals surface area contributed by atoms with E-state index in [9.17, 15) is 18.8 Å². The molecule has 0 spiro atoms. The van der Waals surface area contributed by atoms with Crippen molar-refractivity contribution in [2.45, 2.75) is 31.6 Å². The number of benzene rings is 1. The van der Waals surface area contributed by atoms with Crippen molar-refractivity contribution < 1.29 is 28.2 Å².